The Morgan fingerprint density at radius 2 is 1.83 bits per heavy atom. The molecule has 0 saturated carbocycles. The second-order valence-corrected chi connectivity index (χ2v) is 5.84. The van der Waals surface area contributed by atoms with Crippen LogP contribution in [0.5, 0.6) is 0 Å². The Morgan fingerprint density at radius 3 is 2.28 bits per heavy atom. The van der Waals surface area contributed by atoms with Crippen molar-refractivity contribution in [1.82, 2.24) is 4.90 Å². The van der Waals surface area contributed by atoms with Gasteiger partial charge in [-0.3, -0.25) is 9.59 Å². The minimum atomic E-state index is -0.249. The van der Waals surface area contributed by atoms with Crippen LogP contribution in [0.15, 0.2) is 0 Å². The molecule has 0 aliphatic heterocycles. The highest BCUT2D eigenvalue weighted by Gasteiger charge is 2.24. The molecule has 1 atom stereocenters. The van der Waals surface area contributed by atoms with Crippen molar-refractivity contribution in [3.8, 4) is 0 Å². The monoisotopic (exact) mass is 257 g/mol. The normalized spacial score (nSPS) is 13.0. The van der Waals surface area contributed by atoms with E-state index < -0.39 is 0 Å². The van der Waals surface area contributed by atoms with E-state index in [1.807, 2.05) is 0 Å². The van der Waals surface area contributed by atoms with Crippen LogP contribution in [0.4, 0.5) is 0 Å². The van der Waals surface area contributed by atoms with E-state index in [9.17, 15) is 9.59 Å². The molecule has 0 aromatic heterocycles. The maximum Gasteiger partial charge on any atom is 0.307 e. The molecular formula is C14H27NO3. The maximum absolute atomic E-state index is 11.9. The van der Waals surface area contributed by atoms with E-state index in [2.05, 4.69) is 27.7 Å². The van der Waals surface area contributed by atoms with E-state index in [1.54, 1.807) is 18.9 Å². The third-order valence-corrected chi connectivity index (χ3v) is 3.34. The first-order valence-corrected chi connectivity index (χ1v) is 6.58. The van der Waals surface area contributed by atoms with Gasteiger partial charge in [0.2, 0.25) is 5.91 Å². The lowest BCUT2D eigenvalue weighted by atomic mass is 9.80. The molecule has 0 spiro atoms. The Labute approximate surface area is 111 Å². The van der Waals surface area contributed by atoms with Gasteiger partial charge in [-0.1, -0.05) is 27.7 Å². The summed E-state index contributed by atoms with van der Waals surface area (Å²) in [5.41, 5.74) is 0.123. The molecule has 4 heteroatoms. The molecule has 0 aromatic carbocycles. The standard InChI is InChI=1S/C14H27NO3/c1-7-18-13(17)8-9-15(6)12(16)10-11(2)14(3,4)5/h11H,7-10H2,1-6H3. The molecule has 4 nitrogen and oxygen atoms in total. The van der Waals surface area contributed by atoms with Crippen LogP contribution in [0.1, 0.15) is 47.5 Å². The Balaban J connectivity index is 4.08. The minimum absolute atomic E-state index is 0.0849. The van der Waals surface area contributed by atoms with Crippen molar-refractivity contribution in [2.45, 2.75) is 47.5 Å². The smallest absolute Gasteiger partial charge is 0.307 e. The molecule has 0 aliphatic carbocycles. The summed E-state index contributed by atoms with van der Waals surface area (Å²) >= 11 is 0. The summed E-state index contributed by atoms with van der Waals surface area (Å²) in [6.45, 7) is 11.1. The minimum Gasteiger partial charge on any atom is -0.466 e. The number of carbonyl (C=O) groups is 2. The topological polar surface area (TPSA) is 46.6 Å². The molecule has 0 N–H and O–H groups in total. The first kappa shape index (κ1) is 16.9. The van der Waals surface area contributed by atoms with Crippen LogP contribution in [-0.2, 0) is 14.3 Å². The van der Waals surface area contributed by atoms with Crippen LogP contribution in [-0.4, -0.2) is 37.0 Å². The van der Waals surface area contributed by atoms with Crippen LogP contribution in [0.2, 0.25) is 0 Å². The van der Waals surface area contributed by atoms with Gasteiger partial charge in [0, 0.05) is 20.0 Å². The van der Waals surface area contributed by atoms with Gasteiger partial charge in [-0.05, 0) is 18.3 Å². The van der Waals surface area contributed by atoms with Crippen LogP contribution >= 0.6 is 0 Å². The number of nitrogens with zero attached hydrogens (tertiary/aromatic N) is 1. The molecule has 0 aliphatic rings. The quantitative estimate of drug-likeness (QED) is 0.687. The summed E-state index contributed by atoms with van der Waals surface area (Å²) in [6, 6.07) is 0. The maximum atomic E-state index is 11.9. The molecule has 0 heterocycles. The number of carbonyl (C=O) groups excluding carboxylic acids is 2. The highest BCUT2D eigenvalue weighted by Crippen LogP contribution is 2.28. The molecule has 0 radical (unpaired) electrons. The second kappa shape index (κ2) is 7.39. The molecular weight excluding hydrogens is 230 g/mol. The molecule has 0 bridgehead atoms. The van der Waals surface area contributed by atoms with Crippen molar-refractivity contribution >= 4 is 11.9 Å². The van der Waals surface area contributed by atoms with Gasteiger partial charge >= 0.3 is 5.97 Å². The van der Waals surface area contributed by atoms with Gasteiger partial charge in [-0.2, -0.15) is 0 Å². The van der Waals surface area contributed by atoms with Gasteiger partial charge < -0.3 is 9.64 Å². The lowest BCUT2D eigenvalue weighted by Gasteiger charge is -2.28. The fraction of sp³-hybridized carbons (Fsp3) is 0.857. The van der Waals surface area contributed by atoms with Gasteiger partial charge in [-0.15, -0.1) is 0 Å². The highest BCUT2D eigenvalue weighted by molar-refractivity contribution is 5.77. The van der Waals surface area contributed by atoms with Crippen molar-refractivity contribution in [2.24, 2.45) is 11.3 Å². The molecule has 0 saturated heterocycles. The van der Waals surface area contributed by atoms with E-state index in [1.165, 1.54) is 0 Å². The zero-order chi connectivity index (χ0) is 14.3. The SMILES string of the molecule is CCOC(=O)CCN(C)C(=O)CC(C)C(C)(C)C. The third kappa shape index (κ3) is 6.62. The molecule has 1 amide bonds. The summed E-state index contributed by atoms with van der Waals surface area (Å²) < 4.78 is 4.83. The van der Waals surface area contributed by atoms with Gasteiger partial charge in [-0.25, -0.2) is 0 Å². The van der Waals surface area contributed by atoms with Gasteiger partial charge in [0.1, 0.15) is 0 Å². The van der Waals surface area contributed by atoms with E-state index in [0.717, 1.165) is 0 Å². The van der Waals surface area contributed by atoms with Crippen LogP contribution < -0.4 is 0 Å². The number of hydrogen-bond donors (Lipinski definition) is 0. The van der Waals surface area contributed by atoms with Gasteiger partial charge in [0.05, 0.1) is 13.0 Å². The molecule has 106 valence electrons. The number of hydrogen-bond acceptors (Lipinski definition) is 3. The van der Waals surface area contributed by atoms with E-state index in [-0.39, 0.29) is 23.7 Å². The fourth-order valence-corrected chi connectivity index (χ4v) is 1.34. The number of esters is 1. The van der Waals surface area contributed by atoms with Crippen molar-refractivity contribution in [2.75, 3.05) is 20.2 Å². The Bertz CT molecular complexity index is 281. The summed E-state index contributed by atoms with van der Waals surface area (Å²) in [6.07, 6.45) is 0.781. The number of amides is 1. The Morgan fingerprint density at radius 1 is 1.28 bits per heavy atom. The summed E-state index contributed by atoms with van der Waals surface area (Å²) in [5.74, 6) is 0.151. The lowest BCUT2D eigenvalue weighted by Crippen LogP contribution is -2.32. The first-order valence-electron chi connectivity index (χ1n) is 6.58. The van der Waals surface area contributed by atoms with Gasteiger partial charge in [0.15, 0.2) is 0 Å². The molecule has 0 rings (SSSR count). The molecule has 1 unspecified atom stereocenters. The van der Waals surface area contributed by atoms with Crippen LogP contribution in [0, 0.1) is 11.3 Å². The Kier molecular flexibility index (Phi) is 6.96. The summed E-state index contributed by atoms with van der Waals surface area (Å²) in [7, 11) is 1.73. The predicted octanol–water partition coefficient (Wildman–Crippen LogP) is 2.47. The van der Waals surface area contributed by atoms with Crippen molar-refractivity contribution in [1.29, 1.82) is 0 Å². The first-order chi connectivity index (χ1) is 8.18. The molecule has 0 fully saturated rings. The molecule has 18 heavy (non-hydrogen) atoms. The Hall–Kier alpha value is -1.06. The average molecular weight is 257 g/mol. The van der Waals surface area contributed by atoms with Crippen molar-refractivity contribution < 1.29 is 14.3 Å². The fourth-order valence-electron chi connectivity index (χ4n) is 1.34. The van der Waals surface area contributed by atoms with Gasteiger partial charge in [0.25, 0.3) is 0 Å². The highest BCUT2D eigenvalue weighted by atomic mass is 16.5. The average Bonchev–Trinajstić information content (AvgIpc) is 2.24. The zero-order valence-corrected chi connectivity index (χ0v) is 12.6. The number of rotatable bonds is 6. The summed E-state index contributed by atoms with van der Waals surface area (Å²) in [5, 5.41) is 0. The predicted molar refractivity (Wildman–Crippen MR) is 72.1 cm³/mol. The lowest BCUT2D eigenvalue weighted by molar-refractivity contribution is -0.144. The van der Waals surface area contributed by atoms with E-state index >= 15 is 0 Å². The summed E-state index contributed by atoms with van der Waals surface area (Å²) in [4.78, 5) is 24.7. The number of ether oxygens (including phenoxy) is 1. The third-order valence-electron chi connectivity index (χ3n) is 3.34. The van der Waals surface area contributed by atoms with E-state index in [0.29, 0.717) is 25.5 Å². The largest absolute Gasteiger partial charge is 0.466 e. The second-order valence-electron chi connectivity index (χ2n) is 5.84. The van der Waals surface area contributed by atoms with Crippen molar-refractivity contribution in [3.63, 3.8) is 0 Å². The zero-order valence-electron chi connectivity index (χ0n) is 12.6. The van der Waals surface area contributed by atoms with Crippen LogP contribution in [0.25, 0.3) is 0 Å². The van der Waals surface area contributed by atoms with Crippen molar-refractivity contribution in [3.05, 3.63) is 0 Å². The van der Waals surface area contributed by atoms with E-state index in [4.69, 9.17) is 4.74 Å². The molecule has 0 aromatic rings. The van der Waals surface area contributed by atoms with Crippen LogP contribution in [0.3, 0.4) is 0 Å².